The first-order valence-electron chi connectivity index (χ1n) is 5.10. The van der Waals surface area contributed by atoms with E-state index in [-0.39, 0.29) is 0 Å². The normalized spacial score (nSPS) is 10.5. The lowest BCUT2D eigenvalue weighted by molar-refractivity contribution is 0.667. The average Bonchev–Trinajstić information content (AvgIpc) is 2.65. The van der Waals surface area contributed by atoms with Gasteiger partial charge in [-0.25, -0.2) is 0 Å². The van der Waals surface area contributed by atoms with E-state index >= 15 is 0 Å². The predicted molar refractivity (Wildman–Crippen MR) is 62.5 cm³/mol. The summed E-state index contributed by atoms with van der Waals surface area (Å²) in [5.74, 6) is 0. The van der Waals surface area contributed by atoms with Crippen LogP contribution in [0.1, 0.15) is 12.5 Å². The Labute approximate surface area is 89.5 Å². The van der Waals surface area contributed by atoms with Gasteiger partial charge >= 0.3 is 0 Å². The Bertz CT molecular complexity index is 471. The molecule has 2 N–H and O–H groups in total. The lowest BCUT2D eigenvalue weighted by Crippen LogP contribution is -2.00. The van der Waals surface area contributed by atoms with Crippen LogP contribution in [0.4, 0.5) is 5.69 Å². The molecule has 0 atom stereocenters. The molecule has 1 aromatic heterocycles. The number of anilines is 1. The van der Waals surface area contributed by atoms with Gasteiger partial charge in [0.2, 0.25) is 0 Å². The standard InChI is InChI=1S/C12H15N3/c1-3-15-12(6-7-14-15)11-5-4-10(13)8-9(11)2/h4-8H,3,13H2,1-2H3. The van der Waals surface area contributed by atoms with E-state index in [0.29, 0.717) is 0 Å². The molecule has 0 aliphatic heterocycles. The van der Waals surface area contributed by atoms with Crippen LogP contribution in [0.3, 0.4) is 0 Å². The highest BCUT2D eigenvalue weighted by atomic mass is 15.3. The van der Waals surface area contributed by atoms with Crippen molar-refractivity contribution in [1.29, 1.82) is 0 Å². The molecule has 0 saturated heterocycles. The topological polar surface area (TPSA) is 43.8 Å². The summed E-state index contributed by atoms with van der Waals surface area (Å²) in [6.45, 7) is 5.04. The van der Waals surface area contributed by atoms with Crippen LogP contribution in [0.2, 0.25) is 0 Å². The Morgan fingerprint density at radius 2 is 2.13 bits per heavy atom. The molecule has 0 spiro atoms. The first-order valence-corrected chi connectivity index (χ1v) is 5.10. The van der Waals surface area contributed by atoms with Crippen LogP contribution in [0, 0.1) is 6.92 Å². The van der Waals surface area contributed by atoms with Crippen molar-refractivity contribution in [2.24, 2.45) is 0 Å². The van der Waals surface area contributed by atoms with Crippen molar-refractivity contribution in [3.63, 3.8) is 0 Å². The van der Waals surface area contributed by atoms with Gasteiger partial charge in [-0.2, -0.15) is 5.10 Å². The monoisotopic (exact) mass is 201 g/mol. The van der Waals surface area contributed by atoms with Gasteiger partial charge in [0.1, 0.15) is 0 Å². The van der Waals surface area contributed by atoms with Gasteiger partial charge in [0.25, 0.3) is 0 Å². The number of aromatic nitrogens is 2. The van der Waals surface area contributed by atoms with Crippen LogP contribution in [0.5, 0.6) is 0 Å². The summed E-state index contributed by atoms with van der Waals surface area (Å²) in [7, 11) is 0. The molecule has 0 unspecified atom stereocenters. The van der Waals surface area contributed by atoms with Gasteiger partial charge in [-0.15, -0.1) is 0 Å². The van der Waals surface area contributed by atoms with Gasteiger partial charge < -0.3 is 5.73 Å². The molecule has 2 rings (SSSR count). The van der Waals surface area contributed by atoms with Crippen LogP contribution >= 0.6 is 0 Å². The second-order valence-electron chi connectivity index (χ2n) is 3.61. The number of benzene rings is 1. The molecule has 0 aliphatic rings. The van der Waals surface area contributed by atoms with E-state index < -0.39 is 0 Å². The van der Waals surface area contributed by atoms with E-state index in [2.05, 4.69) is 18.9 Å². The molecule has 1 aromatic carbocycles. The minimum atomic E-state index is 0.804. The summed E-state index contributed by atoms with van der Waals surface area (Å²) in [6.07, 6.45) is 1.83. The Morgan fingerprint density at radius 3 is 2.80 bits per heavy atom. The number of nitrogens with two attached hydrogens (primary N) is 1. The zero-order valence-corrected chi connectivity index (χ0v) is 9.07. The minimum absolute atomic E-state index is 0.804. The summed E-state index contributed by atoms with van der Waals surface area (Å²) in [5, 5.41) is 4.26. The van der Waals surface area contributed by atoms with E-state index in [1.807, 2.05) is 35.1 Å². The van der Waals surface area contributed by atoms with Crippen LogP contribution in [0.25, 0.3) is 11.3 Å². The Kier molecular flexibility index (Phi) is 2.46. The average molecular weight is 201 g/mol. The highest BCUT2D eigenvalue weighted by Crippen LogP contribution is 2.24. The van der Waals surface area contributed by atoms with Crippen molar-refractivity contribution in [3.8, 4) is 11.3 Å². The lowest BCUT2D eigenvalue weighted by atomic mass is 10.1. The highest BCUT2D eigenvalue weighted by Gasteiger charge is 2.06. The molecule has 0 bridgehead atoms. The summed E-state index contributed by atoms with van der Waals surface area (Å²) in [5.41, 5.74) is 10.1. The molecule has 15 heavy (non-hydrogen) atoms. The van der Waals surface area contributed by atoms with Crippen LogP contribution in [-0.2, 0) is 6.54 Å². The van der Waals surface area contributed by atoms with Crippen molar-refractivity contribution in [1.82, 2.24) is 9.78 Å². The number of hydrogen-bond donors (Lipinski definition) is 1. The molecule has 0 amide bonds. The van der Waals surface area contributed by atoms with Crippen molar-refractivity contribution < 1.29 is 0 Å². The fourth-order valence-electron chi connectivity index (χ4n) is 1.79. The molecule has 78 valence electrons. The molecule has 3 heteroatoms. The zero-order valence-electron chi connectivity index (χ0n) is 9.07. The number of rotatable bonds is 2. The van der Waals surface area contributed by atoms with Crippen LogP contribution < -0.4 is 5.73 Å². The fourth-order valence-corrected chi connectivity index (χ4v) is 1.79. The van der Waals surface area contributed by atoms with E-state index in [4.69, 9.17) is 5.73 Å². The molecular weight excluding hydrogens is 186 g/mol. The molecule has 3 nitrogen and oxygen atoms in total. The van der Waals surface area contributed by atoms with E-state index in [1.165, 1.54) is 11.1 Å². The maximum Gasteiger partial charge on any atom is 0.0684 e. The van der Waals surface area contributed by atoms with Crippen molar-refractivity contribution in [2.75, 3.05) is 5.73 Å². The largest absolute Gasteiger partial charge is 0.399 e. The highest BCUT2D eigenvalue weighted by molar-refractivity contribution is 5.66. The lowest BCUT2D eigenvalue weighted by Gasteiger charge is -2.08. The molecule has 0 radical (unpaired) electrons. The van der Waals surface area contributed by atoms with E-state index in [1.54, 1.807) is 0 Å². The summed E-state index contributed by atoms with van der Waals surface area (Å²) in [6, 6.07) is 7.99. The molecule has 0 aliphatic carbocycles. The Balaban J connectivity index is 2.54. The molecular formula is C12H15N3. The van der Waals surface area contributed by atoms with Gasteiger partial charge in [0, 0.05) is 24.0 Å². The van der Waals surface area contributed by atoms with Gasteiger partial charge in [0.05, 0.1) is 5.69 Å². The van der Waals surface area contributed by atoms with Gasteiger partial charge in [-0.3, -0.25) is 4.68 Å². The number of hydrogen-bond acceptors (Lipinski definition) is 2. The first kappa shape index (κ1) is 9.77. The zero-order chi connectivity index (χ0) is 10.8. The molecule has 0 saturated carbocycles. The van der Waals surface area contributed by atoms with Gasteiger partial charge in [-0.05, 0) is 37.6 Å². The van der Waals surface area contributed by atoms with Gasteiger partial charge in [0.15, 0.2) is 0 Å². The fraction of sp³-hybridized carbons (Fsp3) is 0.250. The van der Waals surface area contributed by atoms with E-state index in [9.17, 15) is 0 Å². The summed E-state index contributed by atoms with van der Waals surface area (Å²) < 4.78 is 1.98. The number of aryl methyl sites for hydroxylation is 2. The third kappa shape index (κ3) is 1.73. The van der Waals surface area contributed by atoms with Crippen molar-refractivity contribution in [3.05, 3.63) is 36.0 Å². The van der Waals surface area contributed by atoms with Crippen molar-refractivity contribution >= 4 is 5.69 Å². The number of nitrogens with zero attached hydrogens (tertiary/aromatic N) is 2. The van der Waals surface area contributed by atoms with Gasteiger partial charge in [-0.1, -0.05) is 6.07 Å². The second kappa shape index (κ2) is 3.77. The van der Waals surface area contributed by atoms with E-state index in [0.717, 1.165) is 17.9 Å². The Morgan fingerprint density at radius 1 is 1.33 bits per heavy atom. The molecule has 1 heterocycles. The molecule has 0 fully saturated rings. The summed E-state index contributed by atoms with van der Waals surface area (Å²) in [4.78, 5) is 0. The van der Waals surface area contributed by atoms with Crippen LogP contribution in [-0.4, -0.2) is 9.78 Å². The molecule has 2 aromatic rings. The Hall–Kier alpha value is -1.77. The SMILES string of the molecule is CCn1nccc1-c1ccc(N)cc1C. The smallest absolute Gasteiger partial charge is 0.0684 e. The van der Waals surface area contributed by atoms with Crippen LogP contribution in [0.15, 0.2) is 30.5 Å². The summed E-state index contributed by atoms with van der Waals surface area (Å²) >= 11 is 0. The first-order chi connectivity index (χ1) is 7.22. The maximum absolute atomic E-state index is 5.73. The predicted octanol–water partition coefficient (Wildman–Crippen LogP) is 2.46. The minimum Gasteiger partial charge on any atom is -0.399 e. The third-order valence-corrected chi connectivity index (χ3v) is 2.54. The number of nitrogen functional groups attached to an aromatic ring is 1. The van der Waals surface area contributed by atoms with Crippen molar-refractivity contribution in [2.45, 2.75) is 20.4 Å². The second-order valence-corrected chi connectivity index (χ2v) is 3.61. The third-order valence-electron chi connectivity index (χ3n) is 2.54. The maximum atomic E-state index is 5.73. The quantitative estimate of drug-likeness (QED) is 0.758.